The van der Waals surface area contributed by atoms with Crippen LogP contribution in [0.4, 0.5) is 0 Å². The molecule has 1 aliphatic rings. The summed E-state index contributed by atoms with van der Waals surface area (Å²) in [5.41, 5.74) is 5.39. The fourth-order valence-electron chi connectivity index (χ4n) is 4.24. The Bertz CT molecular complexity index is 1480. The van der Waals surface area contributed by atoms with Crippen molar-refractivity contribution in [3.8, 4) is 33.9 Å². The fourth-order valence-corrected chi connectivity index (χ4v) is 4.24. The van der Waals surface area contributed by atoms with Crippen molar-refractivity contribution in [2.45, 2.75) is 24.9 Å². The Kier molecular flexibility index (Phi) is 12.5. The molecule has 10 heteroatoms. The topological polar surface area (TPSA) is 119 Å². The summed E-state index contributed by atoms with van der Waals surface area (Å²) >= 11 is 0. The van der Waals surface area contributed by atoms with Crippen LogP contribution in [-0.2, 0) is 24.8 Å². The number of hydrogen-bond acceptors (Lipinski definition) is 8. The van der Waals surface area contributed by atoms with Crippen LogP contribution in [0.2, 0.25) is 0 Å². The maximum Gasteiger partial charge on any atom is 0.155 e. The van der Waals surface area contributed by atoms with Crippen molar-refractivity contribution in [1.82, 2.24) is 29.9 Å². The third-order valence-electron chi connectivity index (χ3n) is 6.42. The number of aliphatic hydroxyl groups excluding tert-OH is 2. The van der Waals surface area contributed by atoms with Crippen LogP contribution in [0.5, 0.6) is 0 Å². The number of aromatic nitrogens is 6. The van der Waals surface area contributed by atoms with E-state index in [1.54, 1.807) is 29.5 Å². The van der Waals surface area contributed by atoms with Crippen LogP contribution in [0.15, 0.2) is 128 Å². The average Bonchev–Trinajstić information content (AvgIpc) is 3.74. The molecule has 2 aromatic carbocycles. The number of rotatable bonds is 5. The summed E-state index contributed by atoms with van der Waals surface area (Å²) in [7, 11) is 0. The zero-order chi connectivity index (χ0) is 29.7. The second-order valence-electron chi connectivity index (χ2n) is 9.40. The van der Waals surface area contributed by atoms with Crippen molar-refractivity contribution < 1.29 is 35.1 Å². The Hall–Kier alpha value is -4.44. The van der Waals surface area contributed by atoms with Crippen LogP contribution in [0.3, 0.4) is 0 Å². The molecule has 7 rings (SSSR count). The van der Waals surface area contributed by atoms with E-state index in [9.17, 15) is 5.11 Å². The van der Waals surface area contributed by atoms with Gasteiger partial charge >= 0.3 is 0 Å². The normalized spacial score (nSPS) is 16.8. The van der Waals surface area contributed by atoms with Gasteiger partial charge in [-0.05, 0) is 35.7 Å². The third kappa shape index (κ3) is 9.03. The van der Waals surface area contributed by atoms with Crippen molar-refractivity contribution in [3.63, 3.8) is 0 Å². The molecule has 225 valence electrons. The van der Waals surface area contributed by atoms with E-state index in [1.165, 1.54) is 0 Å². The minimum Gasteiger partial charge on any atom is -0.394 e. The van der Waals surface area contributed by atoms with Gasteiger partial charge in [-0.2, -0.15) is 0 Å². The molecule has 0 spiro atoms. The van der Waals surface area contributed by atoms with E-state index in [4.69, 9.17) is 9.84 Å². The summed E-state index contributed by atoms with van der Waals surface area (Å²) < 4.78 is 7.04. The van der Waals surface area contributed by atoms with Crippen LogP contribution in [0, 0.1) is 12.1 Å². The molecule has 0 aliphatic carbocycles. The largest absolute Gasteiger partial charge is 0.394 e. The number of pyridine rings is 3. The molecule has 0 saturated carbocycles. The smallest absolute Gasteiger partial charge is 0.155 e. The Morgan fingerprint density at radius 3 is 1.66 bits per heavy atom. The monoisotopic (exact) mass is 763 g/mol. The second-order valence-corrected chi connectivity index (χ2v) is 9.40. The van der Waals surface area contributed by atoms with Crippen molar-refractivity contribution in [3.05, 3.63) is 140 Å². The molecule has 6 aromatic rings. The number of ether oxygens (including phenoxy) is 1. The summed E-state index contributed by atoms with van der Waals surface area (Å²) in [6, 6.07) is 39.2. The van der Waals surface area contributed by atoms with Crippen molar-refractivity contribution in [2.24, 2.45) is 0 Å². The van der Waals surface area contributed by atoms with E-state index in [0.717, 1.165) is 28.2 Å². The number of hydrogen-bond donors (Lipinski definition) is 2. The first-order valence-electron chi connectivity index (χ1n) is 13.7. The summed E-state index contributed by atoms with van der Waals surface area (Å²) in [6.07, 6.45) is 5.72. The van der Waals surface area contributed by atoms with Gasteiger partial charge in [-0.1, -0.05) is 35.5 Å². The molecule has 3 atom stereocenters. The molecule has 1 saturated heterocycles. The Balaban J connectivity index is 0.000000155. The molecule has 9 nitrogen and oxygen atoms in total. The van der Waals surface area contributed by atoms with E-state index in [2.05, 4.69) is 37.4 Å². The van der Waals surface area contributed by atoms with Gasteiger partial charge in [0.15, 0.2) is 6.23 Å². The quantitative estimate of drug-likeness (QED) is 0.234. The average molecular weight is 763 g/mol. The predicted molar refractivity (Wildman–Crippen MR) is 162 cm³/mol. The minimum absolute atomic E-state index is 0. The van der Waals surface area contributed by atoms with E-state index in [-0.39, 0.29) is 26.7 Å². The van der Waals surface area contributed by atoms with Gasteiger partial charge in [0.25, 0.3) is 0 Å². The maximum absolute atomic E-state index is 9.69. The van der Waals surface area contributed by atoms with Crippen LogP contribution < -0.4 is 0 Å². The summed E-state index contributed by atoms with van der Waals surface area (Å²) in [6.45, 7) is -0.209. The van der Waals surface area contributed by atoms with Gasteiger partial charge in [-0.3, -0.25) is 4.98 Å². The molecule has 0 bridgehead atoms. The minimum atomic E-state index is -0.683. The number of aliphatic hydroxyl groups is 2. The molecule has 4 aromatic heterocycles. The molecule has 44 heavy (non-hydrogen) atoms. The second kappa shape index (κ2) is 17.0. The van der Waals surface area contributed by atoms with Gasteiger partial charge in [0.1, 0.15) is 11.8 Å². The van der Waals surface area contributed by atoms with Crippen molar-refractivity contribution >= 4 is 0 Å². The molecule has 1 aliphatic heterocycles. The number of benzene rings is 2. The molecular formula is C34H30IrN6O3-2. The molecule has 1 unspecified atom stereocenters. The van der Waals surface area contributed by atoms with E-state index in [1.807, 2.05) is 103 Å². The van der Waals surface area contributed by atoms with Crippen LogP contribution in [-0.4, -0.2) is 59.0 Å². The van der Waals surface area contributed by atoms with Crippen LogP contribution in [0.1, 0.15) is 12.6 Å². The molecule has 2 N–H and O–H groups in total. The van der Waals surface area contributed by atoms with E-state index < -0.39 is 18.4 Å². The first-order valence-corrected chi connectivity index (χ1v) is 13.7. The summed E-state index contributed by atoms with van der Waals surface area (Å²) in [4.78, 5) is 12.6. The first kappa shape index (κ1) is 32.5. The molecular weight excluding hydrogens is 733 g/mol. The molecule has 5 heterocycles. The summed E-state index contributed by atoms with van der Waals surface area (Å²) in [5.74, 6) is 0. The van der Waals surface area contributed by atoms with Crippen LogP contribution in [0.25, 0.3) is 33.9 Å². The third-order valence-corrected chi connectivity index (χ3v) is 6.42. The van der Waals surface area contributed by atoms with Crippen molar-refractivity contribution in [1.29, 1.82) is 0 Å². The standard InChI is InChI=1S/C12H14N4O3.2C11H8N.Ir/c17-7-11-10(18)5-12(19-11)16-6-9(14-15-16)8-3-1-2-4-13-8;2*1-2-6-10(7-3-1)11-8-4-5-9-12-11;/h1-4,6,10-12,17-18H,5,7H2;2*1-6,8-9H;/q;2*-1;/t10?,11-,12-;;;/m1.../s1. The molecule has 1 radical (unpaired) electrons. The van der Waals surface area contributed by atoms with Gasteiger partial charge < -0.3 is 24.9 Å². The van der Waals surface area contributed by atoms with Gasteiger partial charge in [-0.25, -0.2) is 4.68 Å². The zero-order valence-corrected chi connectivity index (χ0v) is 26.0. The summed E-state index contributed by atoms with van der Waals surface area (Å²) in [5, 5.41) is 26.7. The molecule has 1 fully saturated rings. The van der Waals surface area contributed by atoms with Crippen molar-refractivity contribution in [2.75, 3.05) is 6.61 Å². The Morgan fingerprint density at radius 2 is 1.23 bits per heavy atom. The van der Waals surface area contributed by atoms with Gasteiger partial charge in [0.05, 0.1) is 24.6 Å². The Labute approximate surface area is 269 Å². The van der Waals surface area contributed by atoms with Gasteiger partial charge in [-0.15, -0.1) is 76.9 Å². The number of nitrogens with zero attached hydrogens (tertiary/aromatic N) is 6. The maximum atomic E-state index is 9.69. The molecule has 0 amide bonds. The zero-order valence-electron chi connectivity index (χ0n) is 23.6. The fraction of sp³-hybridized carbons (Fsp3) is 0.147. The van der Waals surface area contributed by atoms with Gasteiger partial charge in [0.2, 0.25) is 0 Å². The van der Waals surface area contributed by atoms with Crippen LogP contribution >= 0.6 is 0 Å². The predicted octanol–water partition coefficient (Wildman–Crippen LogP) is 5.08. The van der Waals surface area contributed by atoms with Gasteiger partial charge in [0, 0.05) is 45.1 Å². The first-order chi connectivity index (χ1) is 21.2. The van der Waals surface area contributed by atoms with E-state index >= 15 is 0 Å². The Morgan fingerprint density at radius 1 is 0.705 bits per heavy atom. The van der Waals surface area contributed by atoms with E-state index in [0.29, 0.717) is 12.1 Å². The SMILES string of the molecule is OC[C@H]1O[C@@H](n2cc(-c3ccccn3)nn2)CC1O.[Ir].[c-]1ccccc1-c1ccccn1.[c-]1ccccc1-c1ccccn1.